The van der Waals surface area contributed by atoms with Crippen LogP contribution < -0.4 is 15.0 Å². The summed E-state index contributed by atoms with van der Waals surface area (Å²) >= 11 is 0. The van der Waals surface area contributed by atoms with Crippen molar-refractivity contribution in [1.82, 2.24) is 19.9 Å². The summed E-state index contributed by atoms with van der Waals surface area (Å²) in [6.07, 6.45) is 2.41. The fraction of sp³-hybridized carbons (Fsp3) is 0.286. The van der Waals surface area contributed by atoms with Crippen molar-refractivity contribution < 1.29 is 9.47 Å². The van der Waals surface area contributed by atoms with Crippen molar-refractivity contribution in [2.75, 3.05) is 20.8 Å². The number of pyridine rings is 1. The van der Waals surface area contributed by atoms with Gasteiger partial charge in [-0.2, -0.15) is 0 Å². The van der Waals surface area contributed by atoms with Crippen LogP contribution in [0.15, 0.2) is 47.4 Å². The number of H-pyrrole nitrogens is 1. The Morgan fingerprint density at radius 1 is 1.14 bits per heavy atom. The highest BCUT2D eigenvalue weighted by Gasteiger charge is 2.23. The van der Waals surface area contributed by atoms with Gasteiger partial charge in [0.15, 0.2) is 17.3 Å². The van der Waals surface area contributed by atoms with Crippen LogP contribution in [0.1, 0.15) is 16.8 Å². The van der Waals surface area contributed by atoms with Gasteiger partial charge in [0.25, 0.3) is 5.56 Å². The third-order valence-corrected chi connectivity index (χ3v) is 4.93. The molecule has 1 aliphatic rings. The molecular weight excluding hydrogens is 356 g/mol. The Hall–Kier alpha value is -3.19. The lowest BCUT2D eigenvalue weighted by Gasteiger charge is -2.28. The van der Waals surface area contributed by atoms with Crippen LogP contribution in [0.4, 0.5) is 0 Å². The fourth-order valence-electron chi connectivity index (χ4n) is 3.56. The summed E-state index contributed by atoms with van der Waals surface area (Å²) in [6.45, 7) is 2.02. The number of rotatable bonds is 5. The van der Waals surface area contributed by atoms with Crippen molar-refractivity contribution in [1.29, 1.82) is 0 Å². The first-order valence-electron chi connectivity index (χ1n) is 9.15. The van der Waals surface area contributed by atoms with Crippen LogP contribution in [-0.2, 0) is 19.5 Å². The minimum atomic E-state index is -0.104. The molecule has 0 bridgehead atoms. The molecule has 1 aliphatic heterocycles. The van der Waals surface area contributed by atoms with E-state index in [-0.39, 0.29) is 5.56 Å². The Kier molecular flexibility index (Phi) is 5.08. The van der Waals surface area contributed by atoms with E-state index in [0.29, 0.717) is 42.3 Å². The van der Waals surface area contributed by atoms with Crippen molar-refractivity contribution in [3.63, 3.8) is 0 Å². The summed E-state index contributed by atoms with van der Waals surface area (Å²) in [4.78, 5) is 26.7. The molecule has 2 aromatic heterocycles. The highest BCUT2D eigenvalue weighted by molar-refractivity contribution is 5.49. The molecule has 0 aliphatic carbocycles. The number of para-hydroxylation sites is 1. The lowest BCUT2D eigenvalue weighted by molar-refractivity contribution is 0.237. The smallest absolute Gasteiger partial charge is 0.255 e. The van der Waals surface area contributed by atoms with E-state index in [9.17, 15) is 4.79 Å². The second-order valence-corrected chi connectivity index (χ2v) is 6.67. The predicted octanol–water partition coefficient (Wildman–Crippen LogP) is 2.41. The van der Waals surface area contributed by atoms with Gasteiger partial charge in [0.2, 0.25) is 0 Å². The van der Waals surface area contributed by atoms with Crippen LogP contribution >= 0.6 is 0 Å². The third kappa shape index (κ3) is 3.48. The Labute approximate surface area is 163 Å². The van der Waals surface area contributed by atoms with Crippen LogP contribution in [0.25, 0.3) is 11.5 Å². The lowest BCUT2D eigenvalue weighted by Crippen LogP contribution is -2.35. The van der Waals surface area contributed by atoms with E-state index in [0.717, 1.165) is 23.6 Å². The van der Waals surface area contributed by atoms with Crippen molar-refractivity contribution in [2.45, 2.75) is 19.5 Å². The first-order valence-corrected chi connectivity index (χ1v) is 9.15. The number of ether oxygens (including phenoxy) is 2. The molecule has 1 aromatic carbocycles. The number of nitrogens with one attached hydrogen (secondary N) is 1. The number of benzene rings is 1. The molecule has 0 amide bonds. The average Bonchev–Trinajstić information content (AvgIpc) is 2.74. The molecule has 0 fully saturated rings. The molecule has 7 nitrogen and oxygen atoms in total. The zero-order chi connectivity index (χ0) is 19.5. The van der Waals surface area contributed by atoms with Crippen LogP contribution in [0.5, 0.6) is 11.5 Å². The van der Waals surface area contributed by atoms with Gasteiger partial charge >= 0.3 is 0 Å². The second-order valence-electron chi connectivity index (χ2n) is 6.67. The minimum absolute atomic E-state index is 0.104. The molecule has 28 heavy (non-hydrogen) atoms. The quantitative estimate of drug-likeness (QED) is 0.734. The van der Waals surface area contributed by atoms with E-state index in [1.807, 2.05) is 36.4 Å². The maximum Gasteiger partial charge on any atom is 0.255 e. The minimum Gasteiger partial charge on any atom is -0.493 e. The predicted molar refractivity (Wildman–Crippen MR) is 105 cm³/mol. The zero-order valence-corrected chi connectivity index (χ0v) is 15.9. The Morgan fingerprint density at radius 2 is 2.04 bits per heavy atom. The van der Waals surface area contributed by atoms with Crippen LogP contribution in [0.2, 0.25) is 0 Å². The van der Waals surface area contributed by atoms with Crippen molar-refractivity contribution >= 4 is 0 Å². The molecule has 0 atom stereocenters. The summed E-state index contributed by atoms with van der Waals surface area (Å²) < 4.78 is 10.9. The zero-order valence-electron chi connectivity index (χ0n) is 15.9. The molecule has 0 spiro atoms. The number of nitrogens with zero attached hydrogens (tertiary/aromatic N) is 3. The number of hydrogen-bond donors (Lipinski definition) is 1. The number of methoxy groups -OCH3 is 2. The summed E-state index contributed by atoms with van der Waals surface area (Å²) in [7, 11) is 3.27. The van der Waals surface area contributed by atoms with Gasteiger partial charge < -0.3 is 14.5 Å². The molecule has 4 rings (SSSR count). The number of hydrogen-bond acceptors (Lipinski definition) is 6. The molecule has 3 aromatic rings. The largest absolute Gasteiger partial charge is 0.493 e. The van der Waals surface area contributed by atoms with E-state index in [1.165, 1.54) is 0 Å². The third-order valence-electron chi connectivity index (χ3n) is 4.93. The van der Waals surface area contributed by atoms with Gasteiger partial charge in [-0.3, -0.25) is 14.7 Å². The van der Waals surface area contributed by atoms with Gasteiger partial charge in [0.1, 0.15) is 5.69 Å². The Morgan fingerprint density at radius 3 is 2.79 bits per heavy atom. The van der Waals surface area contributed by atoms with E-state index >= 15 is 0 Å². The summed E-state index contributed by atoms with van der Waals surface area (Å²) in [6, 6.07) is 11.4. The van der Waals surface area contributed by atoms with Crippen LogP contribution in [-0.4, -0.2) is 40.6 Å². The maximum atomic E-state index is 12.7. The molecule has 0 radical (unpaired) electrons. The Balaban J connectivity index is 1.59. The first-order chi connectivity index (χ1) is 13.7. The first kappa shape index (κ1) is 18.2. The summed E-state index contributed by atoms with van der Waals surface area (Å²) in [5.74, 6) is 1.96. The Bertz CT molecular complexity index is 1030. The maximum absolute atomic E-state index is 12.7. The normalized spacial score (nSPS) is 13.8. The van der Waals surface area contributed by atoms with E-state index in [2.05, 4.69) is 19.9 Å². The number of aromatic nitrogens is 3. The molecule has 1 N–H and O–H groups in total. The highest BCUT2D eigenvalue weighted by Crippen LogP contribution is 2.32. The average molecular weight is 378 g/mol. The molecule has 0 unspecified atom stereocenters. The van der Waals surface area contributed by atoms with Gasteiger partial charge in [0, 0.05) is 37.8 Å². The van der Waals surface area contributed by atoms with Gasteiger partial charge in [-0.1, -0.05) is 18.2 Å². The monoisotopic (exact) mass is 378 g/mol. The van der Waals surface area contributed by atoms with Gasteiger partial charge in [0.05, 0.1) is 25.5 Å². The number of aromatic amines is 1. The molecule has 144 valence electrons. The summed E-state index contributed by atoms with van der Waals surface area (Å²) in [5.41, 5.74) is 3.16. The molecule has 0 saturated carbocycles. The lowest BCUT2D eigenvalue weighted by atomic mass is 10.1. The molecule has 3 heterocycles. The molecule has 7 heteroatoms. The number of fused-ring (bicyclic) bond motifs is 1. The highest BCUT2D eigenvalue weighted by atomic mass is 16.5. The molecular formula is C21H22N4O3. The van der Waals surface area contributed by atoms with Gasteiger partial charge in [-0.25, -0.2) is 4.98 Å². The van der Waals surface area contributed by atoms with E-state index < -0.39 is 0 Å². The fourth-order valence-corrected chi connectivity index (χ4v) is 3.56. The molecule has 0 saturated heterocycles. The topological polar surface area (TPSA) is 80.3 Å². The van der Waals surface area contributed by atoms with Crippen LogP contribution in [0.3, 0.4) is 0 Å². The summed E-state index contributed by atoms with van der Waals surface area (Å²) in [5, 5.41) is 0. The second kappa shape index (κ2) is 7.82. The van der Waals surface area contributed by atoms with E-state index in [4.69, 9.17) is 9.47 Å². The SMILES string of the molecule is COc1cccc(CN2CCc3nc(-c4ccccn4)[nH]c(=O)c3C2)c1OC. The van der Waals surface area contributed by atoms with Crippen molar-refractivity contribution in [3.8, 4) is 23.0 Å². The standard InChI is InChI=1S/C21H22N4O3/c1-27-18-8-5-6-14(19(18)28-2)12-25-11-9-16-15(13-25)21(26)24-20(23-16)17-7-3-4-10-22-17/h3-8,10H,9,11-13H2,1-2H3,(H,23,24,26). The van der Waals surface area contributed by atoms with Gasteiger partial charge in [-0.05, 0) is 18.2 Å². The van der Waals surface area contributed by atoms with Crippen molar-refractivity contribution in [2.24, 2.45) is 0 Å². The van der Waals surface area contributed by atoms with Crippen molar-refractivity contribution in [3.05, 3.63) is 69.8 Å². The van der Waals surface area contributed by atoms with Gasteiger partial charge in [-0.15, -0.1) is 0 Å². The van der Waals surface area contributed by atoms with E-state index in [1.54, 1.807) is 20.4 Å². The van der Waals surface area contributed by atoms with Crippen LogP contribution in [0, 0.1) is 0 Å².